The quantitative estimate of drug-likeness (QED) is 0.891. The highest BCUT2D eigenvalue weighted by Gasteiger charge is 2.41. The minimum absolute atomic E-state index is 0.117. The number of methoxy groups -OCH3 is 1. The summed E-state index contributed by atoms with van der Waals surface area (Å²) in [5.74, 6) is -0.672. The largest absolute Gasteiger partial charge is 0.497 e. The molecular weight excluding hydrogens is 342 g/mol. The Morgan fingerprint density at radius 2 is 2.12 bits per heavy atom. The van der Waals surface area contributed by atoms with Crippen LogP contribution in [0.3, 0.4) is 0 Å². The van der Waals surface area contributed by atoms with Gasteiger partial charge in [0.25, 0.3) is 5.91 Å². The third kappa shape index (κ3) is 3.20. The molecule has 1 heterocycles. The average molecular weight is 360 g/mol. The van der Waals surface area contributed by atoms with Crippen molar-refractivity contribution in [2.24, 2.45) is 5.92 Å². The van der Waals surface area contributed by atoms with Crippen molar-refractivity contribution < 1.29 is 19.4 Å². The van der Waals surface area contributed by atoms with Gasteiger partial charge in [-0.05, 0) is 42.8 Å². The summed E-state index contributed by atoms with van der Waals surface area (Å²) in [6, 6.07) is 6.48. The number of carbonyl (C=O) groups excluding carboxylic acids is 1. The van der Waals surface area contributed by atoms with Crippen molar-refractivity contribution in [3.05, 3.63) is 70.1 Å². The van der Waals surface area contributed by atoms with Gasteiger partial charge < -0.3 is 14.7 Å². The Bertz CT molecular complexity index is 824. The summed E-state index contributed by atoms with van der Waals surface area (Å²) >= 11 is 6.00. The van der Waals surface area contributed by atoms with Gasteiger partial charge in [-0.15, -0.1) is 0 Å². The first-order chi connectivity index (χ1) is 11.9. The number of rotatable bonds is 4. The van der Waals surface area contributed by atoms with Crippen LogP contribution in [0.2, 0.25) is 5.02 Å². The first kappa shape index (κ1) is 17.3. The molecule has 0 aromatic heterocycles. The van der Waals surface area contributed by atoms with E-state index in [2.05, 4.69) is 0 Å². The molecule has 2 atom stereocenters. The van der Waals surface area contributed by atoms with Crippen LogP contribution in [0.4, 0.5) is 0 Å². The summed E-state index contributed by atoms with van der Waals surface area (Å²) < 4.78 is 5.27. The Balaban J connectivity index is 2.03. The number of ether oxygens (including phenoxy) is 1. The van der Waals surface area contributed by atoms with Crippen LogP contribution < -0.4 is 0 Å². The third-order valence-corrected chi connectivity index (χ3v) is 4.80. The normalized spacial score (nSPS) is 21.9. The molecule has 25 heavy (non-hydrogen) atoms. The van der Waals surface area contributed by atoms with Crippen LogP contribution in [0.1, 0.15) is 23.7 Å². The van der Waals surface area contributed by atoms with Crippen molar-refractivity contribution in [3.63, 3.8) is 0 Å². The maximum Gasteiger partial charge on any atom is 0.307 e. The van der Waals surface area contributed by atoms with E-state index < -0.39 is 5.97 Å². The second kappa shape index (κ2) is 6.76. The number of amides is 1. The zero-order valence-electron chi connectivity index (χ0n) is 13.9. The Morgan fingerprint density at radius 1 is 1.36 bits per heavy atom. The number of fused-ring (bicyclic) bond motifs is 1. The molecule has 2 unspecified atom stereocenters. The molecule has 130 valence electrons. The highest BCUT2D eigenvalue weighted by atomic mass is 35.5. The highest BCUT2D eigenvalue weighted by molar-refractivity contribution is 6.31. The van der Waals surface area contributed by atoms with Gasteiger partial charge in [-0.2, -0.15) is 0 Å². The molecule has 1 N–H and O–H groups in total. The van der Waals surface area contributed by atoms with Crippen molar-refractivity contribution in [3.8, 4) is 0 Å². The fourth-order valence-electron chi connectivity index (χ4n) is 3.41. The van der Waals surface area contributed by atoms with Crippen molar-refractivity contribution in [1.29, 1.82) is 0 Å². The van der Waals surface area contributed by atoms with Crippen LogP contribution in [0, 0.1) is 5.92 Å². The Hall–Kier alpha value is -2.53. The number of carbonyl (C=O) groups is 2. The Kier molecular flexibility index (Phi) is 4.68. The molecule has 0 fully saturated rings. The topological polar surface area (TPSA) is 66.8 Å². The van der Waals surface area contributed by atoms with Crippen LogP contribution in [0.25, 0.3) is 0 Å². The summed E-state index contributed by atoms with van der Waals surface area (Å²) in [5, 5.41) is 9.74. The molecule has 1 amide bonds. The summed E-state index contributed by atoms with van der Waals surface area (Å²) in [4.78, 5) is 26.0. The minimum atomic E-state index is -0.924. The number of benzene rings is 1. The van der Waals surface area contributed by atoms with Gasteiger partial charge in [0.2, 0.25) is 0 Å². The summed E-state index contributed by atoms with van der Waals surface area (Å²) in [5.41, 5.74) is 1.85. The molecule has 1 aliphatic heterocycles. The van der Waals surface area contributed by atoms with Crippen molar-refractivity contribution in [2.45, 2.75) is 19.4 Å². The summed E-state index contributed by atoms with van der Waals surface area (Å²) in [7, 11) is 1.56. The fourth-order valence-corrected chi connectivity index (χ4v) is 3.60. The van der Waals surface area contributed by atoms with E-state index in [1.54, 1.807) is 49.3 Å². The molecule has 5 nitrogen and oxygen atoms in total. The molecule has 0 radical (unpaired) electrons. The molecule has 0 spiro atoms. The van der Waals surface area contributed by atoms with E-state index in [1.807, 2.05) is 12.2 Å². The van der Waals surface area contributed by atoms with Crippen LogP contribution in [0.5, 0.6) is 0 Å². The molecule has 0 saturated heterocycles. The number of carboxylic acids is 1. The van der Waals surface area contributed by atoms with E-state index in [4.69, 9.17) is 16.3 Å². The van der Waals surface area contributed by atoms with E-state index in [1.165, 1.54) is 0 Å². The van der Waals surface area contributed by atoms with Gasteiger partial charge in [-0.3, -0.25) is 9.59 Å². The van der Waals surface area contributed by atoms with Crippen LogP contribution in [0.15, 0.2) is 59.5 Å². The number of hydrogen-bond donors (Lipinski definition) is 1. The molecule has 1 aromatic rings. The molecular formula is C19H18ClNO4. The Labute approximate surface area is 150 Å². The molecule has 0 saturated carbocycles. The lowest BCUT2D eigenvalue weighted by Crippen LogP contribution is -2.37. The molecule has 6 heteroatoms. The number of allylic oxidation sites excluding steroid dienone is 2. The number of carboxylic acid groups (broad SMARTS) is 1. The van der Waals surface area contributed by atoms with E-state index >= 15 is 0 Å². The highest BCUT2D eigenvalue weighted by Crippen LogP contribution is 2.41. The van der Waals surface area contributed by atoms with Crippen molar-refractivity contribution >= 4 is 23.5 Å². The summed E-state index contributed by atoms with van der Waals surface area (Å²) in [6.07, 6.45) is 5.44. The van der Waals surface area contributed by atoms with E-state index in [0.717, 1.165) is 0 Å². The first-order valence-electron chi connectivity index (χ1n) is 7.87. The van der Waals surface area contributed by atoms with Gasteiger partial charge in [-0.25, -0.2) is 0 Å². The van der Waals surface area contributed by atoms with Crippen LogP contribution >= 0.6 is 11.6 Å². The average Bonchev–Trinajstić information content (AvgIpc) is 2.85. The third-order valence-electron chi connectivity index (χ3n) is 4.56. The lowest BCUT2D eigenvalue weighted by Gasteiger charge is -2.29. The number of aliphatic carboxylic acids is 1. The number of hydrogen-bond acceptors (Lipinski definition) is 3. The molecule has 3 rings (SSSR count). The zero-order chi connectivity index (χ0) is 18.1. The standard InChI is InChI=1S/C19H18ClNO4/c1-11-15(10-18(22)23)16-9-14(25-2)6-7-17(16)21(11)19(24)12-4-3-5-13(20)8-12/h3-9,16-17H,10H2,1-2H3,(H,22,23). The van der Waals surface area contributed by atoms with Crippen LogP contribution in [-0.4, -0.2) is 35.0 Å². The van der Waals surface area contributed by atoms with E-state index in [0.29, 0.717) is 27.6 Å². The summed E-state index contributed by atoms with van der Waals surface area (Å²) in [6.45, 7) is 1.78. The molecule has 1 aromatic carbocycles. The predicted octanol–water partition coefficient (Wildman–Crippen LogP) is 3.63. The van der Waals surface area contributed by atoms with E-state index in [9.17, 15) is 14.7 Å². The second-order valence-corrected chi connectivity index (χ2v) is 6.45. The first-order valence-corrected chi connectivity index (χ1v) is 8.24. The monoisotopic (exact) mass is 359 g/mol. The molecule has 2 aliphatic rings. The van der Waals surface area contributed by atoms with Gasteiger partial charge in [-0.1, -0.05) is 23.7 Å². The fraction of sp³-hybridized carbons (Fsp3) is 0.263. The predicted molar refractivity (Wildman–Crippen MR) is 94.1 cm³/mol. The van der Waals surface area contributed by atoms with Crippen LogP contribution in [-0.2, 0) is 9.53 Å². The van der Waals surface area contributed by atoms with Crippen molar-refractivity contribution in [2.75, 3.05) is 7.11 Å². The number of halogens is 1. The maximum atomic E-state index is 13.0. The lowest BCUT2D eigenvalue weighted by molar-refractivity contribution is -0.136. The zero-order valence-corrected chi connectivity index (χ0v) is 14.7. The van der Waals surface area contributed by atoms with Gasteiger partial charge in [0.1, 0.15) is 5.76 Å². The van der Waals surface area contributed by atoms with Crippen molar-refractivity contribution in [1.82, 2.24) is 4.90 Å². The van der Waals surface area contributed by atoms with Gasteiger partial charge in [0, 0.05) is 22.2 Å². The van der Waals surface area contributed by atoms with Gasteiger partial charge in [0.05, 0.1) is 19.6 Å². The maximum absolute atomic E-state index is 13.0. The molecule has 0 bridgehead atoms. The van der Waals surface area contributed by atoms with E-state index in [-0.39, 0.29) is 24.3 Å². The SMILES string of the molecule is COC1=CC2C(CC(=O)O)=C(C)N(C(=O)c3cccc(Cl)c3)C2C=C1. The lowest BCUT2D eigenvalue weighted by atomic mass is 9.88. The van der Waals surface area contributed by atoms with Gasteiger partial charge >= 0.3 is 5.97 Å². The Morgan fingerprint density at radius 3 is 2.76 bits per heavy atom. The smallest absolute Gasteiger partial charge is 0.307 e. The second-order valence-electron chi connectivity index (χ2n) is 6.02. The van der Waals surface area contributed by atoms with Gasteiger partial charge in [0.15, 0.2) is 0 Å². The number of nitrogens with zero attached hydrogens (tertiary/aromatic N) is 1. The molecule has 1 aliphatic carbocycles. The minimum Gasteiger partial charge on any atom is -0.497 e.